The van der Waals surface area contributed by atoms with Gasteiger partial charge in [-0.1, -0.05) is 51.9 Å². The number of hydrogen-bond donors (Lipinski definition) is 1. The maximum Gasteiger partial charge on any atom is 0.139 e. The van der Waals surface area contributed by atoms with Crippen LogP contribution in [0.1, 0.15) is 11.1 Å². The van der Waals surface area contributed by atoms with Crippen LogP contribution in [-0.4, -0.2) is 4.99 Å². The SMILES string of the molecule is NC(=S)c1cccc(COc2cc(Br)ccc2Cl)c1F. The van der Waals surface area contributed by atoms with E-state index in [2.05, 4.69) is 15.9 Å². The standard InChI is InChI=1S/C14H10BrClFNOS/c15-9-4-5-11(16)12(6-9)19-7-8-2-1-3-10(13(8)17)14(18)20/h1-6H,7H2,(H2,18,20). The average Bonchev–Trinajstić information content (AvgIpc) is 2.41. The Morgan fingerprint density at radius 3 is 2.80 bits per heavy atom. The first kappa shape index (κ1) is 15.2. The maximum atomic E-state index is 14.1. The molecule has 0 saturated carbocycles. The van der Waals surface area contributed by atoms with Crippen molar-refractivity contribution in [3.63, 3.8) is 0 Å². The predicted octanol–water partition coefficient (Wildman–Crippen LogP) is 4.45. The zero-order valence-electron chi connectivity index (χ0n) is 10.2. The Morgan fingerprint density at radius 1 is 1.35 bits per heavy atom. The van der Waals surface area contributed by atoms with E-state index in [1.54, 1.807) is 30.3 Å². The molecule has 20 heavy (non-hydrogen) atoms. The Hall–Kier alpha value is -1.17. The van der Waals surface area contributed by atoms with Gasteiger partial charge in [0.05, 0.1) is 5.02 Å². The molecule has 0 unspecified atom stereocenters. The summed E-state index contributed by atoms with van der Waals surface area (Å²) >= 11 is 14.1. The molecule has 2 N–H and O–H groups in total. The van der Waals surface area contributed by atoms with Crippen molar-refractivity contribution in [1.82, 2.24) is 0 Å². The van der Waals surface area contributed by atoms with Crippen LogP contribution in [0.4, 0.5) is 4.39 Å². The molecule has 2 aromatic rings. The second-order valence-electron chi connectivity index (χ2n) is 4.01. The van der Waals surface area contributed by atoms with Gasteiger partial charge in [-0.3, -0.25) is 0 Å². The van der Waals surface area contributed by atoms with Crippen molar-refractivity contribution in [1.29, 1.82) is 0 Å². The van der Waals surface area contributed by atoms with Gasteiger partial charge in [0, 0.05) is 15.6 Å². The Kier molecular flexibility index (Phi) is 4.96. The minimum atomic E-state index is -0.467. The van der Waals surface area contributed by atoms with Gasteiger partial charge in [0.1, 0.15) is 23.2 Å². The van der Waals surface area contributed by atoms with Crippen LogP contribution in [0, 0.1) is 5.82 Å². The van der Waals surface area contributed by atoms with Gasteiger partial charge in [-0.25, -0.2) is 4.39 Å². The molecule has 0 radical (unpaired) electrons. The number of hydrogen-bond acceptors (Lipinski definition) is 2. The molecule has 0 heterocycles. The molecule has 0 saturated heterocycles. The molecule has 0 atom stereocenters. The van der Waals surface area contributed by atoms with Gasteiger partial charge in [0.25, 0.3) is 0 Å². The third kappa shape index (κ3) is 3.48. The fraction of sp³-hybridized carbons (Fsp3) is 0.0714. The summed E-state index contributed by atoms with van der Waals surface area (Å²) in [6.07, 6.45) is 0. The molecule has 0 spiro atoms. The fourth-order valence-corrected chi connectivity index (χ4v) is 2.29. The minimum Gasteiger partial charge on any atom is -0.487 e. The highest BCUT2D eigenvalue weighted by atomic mass is 79.9. The molecule has 2 aromatic carbocycles. The number of rotatable bonds is 4. The molecule has 0 aromatic heterocycles. The third-order valence-electron chi connectivity index (χ3n) is 2.62. The molecule has 6 heteroatoms. The molecular formula is C14H10BrClFNOS. The lowest BCUT2D eigenvalue weighted by atomic mass is 10.1. The first-order chi connectivity index (χ1) is 9.49. The summed E-state index contributed by atoms with van der Waals surface area (Å²) < 4.78 is 20.5. The quantitative estimate of drug-likeness (QED) is 0.803. The van der Waals surface area contributed by atoms with E-state index in [1.165, 1.54) is 6.07 Å². The normalized spacial score (nSPS) is 10.3. The van der Waals surface area contributed by atoms with E-state index in [0.29, 0.717) is 16.3 Å². The van der Waals surface area contributed by atoms with Crippen LogP contribution in [-0.2, 0) is 6.61 Å². The van der Waals surface area contributed by atoms with Crippen LogP contribution in [0.3, 0.4) is 0 Å². The Morgan fingerprint density at radius 2 is 2.10 bits per heavy atom. The van der Waals surface area contributed by atoms with Crippen LogP contribution in [0.5, 0.6) is 5.75 Å². The highest BCUT2D eigenvalue weighted by Crippen LogP contribution is 2.29. The van der Waals surface area contributed by atoms with E-state index in [9.17, 15) is 4.39 Å². The van der Waals surface area contributed by atoms with Crippen LogP contribution in [0.15, 0.2) is 40.9 Å². The van der Waals surface area contributed by atoms with E-state index in [0.717, 1.165) is 4.47 Å². The molecule has 0 fully saturated rings. The lowest BCUT2D eigenvalue weighted by molar-refractivity contribution is 0.300. The molecular weight excluding hydrogens is 365 g/mol. The molecule has 2 nitrogen and oxygen atoms in total. The number of ether oxygens (including phenoxy) is 1. The summed E-state index contributed by atoms with van der Waals surface area (Å²) in [6, 6.07) is 10.0. The van der Waals surface area contributed by atoms with Crippen molar-refractivity contribution in [3.05, 3.63) is 62.8 Å². The highest BCUT2D eigenvalue weighted by Gasteiger charge is 2.11. The summed E-state index contributed by atoms with van der Waals surface area (Å²) in [5.74, 6) is 0.00675. The maximum absolute atomic E-state index is 14.1. The first-order valence-corrected chi connectivity index (χ1v) is 7.22. The van der Waals surface area contributed by atoms with E-state index in [4.69, 9.17) is 34.3 Å². The van der Waals surface area contributed by atoms with E-state index < -0.39 is 5.82 Å². The van der Waals surface area contributed by atoms with Crippen molar-refractivity contribution < 1.29 is 9.13 Å². The molecule has 0 amide bonds. The summed E-state index contributed by atoms with van der Waals surface area (Å²) in [6.45, 7) is 0.0401. The smallest absolute Gasteiger partial charge is 0.139 e. The van der Waals surface area contributed by atoms with Crippen molar-refractivity contribution in [2.75, 3.05) is 0 Å². The molecule has 0 bridgehead atoms. The zero-order chi connectivity index (χ0) is 14.7. The van der Waals surface area contributed by atoms with Crippen LogP contribution < -0.4 is 10.5 Å². The minimum absolute atomic E-state index is 0.0184. The third-order valence-corrected chi connectivity index (χ3v) is 3.65. The Bertz CT molecular complexity index is 666. The number of nitrogens with two attached hydrogens (primary N) is 1. The van der Waals surface area contributed by atoms with Crippen molar-refractivity contribution in [2.45, 2.75) is 6.61 Å². The summed E-state index contributed by atoms with van der Waals surface area (Å²) in [5, 5.41) is 0.458. The van der Waals surface area contributed by atoms with Gasteiger partial charge < -0.3 is 10.5 Å². The number of benzene rings is 2. The van der Waals surface area contributed by atoms with Gasteiger partial charge in [0.15, 0.2) is 0 Å². The van der Waals surface area contributed by atoms with Gasteiger partial charge in [-0.15, -0.1) is 0 Å². The monoisotopic (exact) mass is 373 g/mol. The first-order valence-electron chi connectivity index (χ1n) is 5.64. The lowest BCUT2D eigenvalue weighted by Crippen LogP contribution is -2.13. The van der Waals surface area contributed by atoms with Gasteiger partial charge in [0.2, 0.25) is 0 Å². The summed E-state index contributed by atoms with van der Waals surface area (Å²) in [5.41, 5.74) is 6.03. The second kappa shape index (κ2) is 6.52. The Labute approximate surface area is 134 Å². The second-order valence-corrected chi connectivity index (χ2v) is 5.77. The Balaban J connectivity index is 2.21. The van der Waals surface area contributed by atoms with Gasteiger partial charge in [-0.2, -0.15) is 0 Å². The van der Waals surface area contributed by atoms with E-state index in [-0.39, 0.29) is 17.2 Å². The molecule has 0 aliphatic carbocycles. The van der Waals surface area contributed by atoms with Crippen LogP contribution in [0.2, 0.25) is 5.02 Å². The fourth-order valence-electron chi connectivity index (χ4n) is 1.62. The highest BCUT2D eigenvalue weighted by molar-refractivity contribution is 9.10. The van der Waals surface area contributed by atoms with Crippen molar-refractivity contribution in [3.8, 4) is 5.75 Å². The largest absolute Gasteiger partial charge is 0.487 e. The predicted molar refractivity (Wildman–Crippen MR) is 85.8 cm³/mol. The average molecular weight is 375 g/mol. The van der Waals surface area contributed by atoms with Crippen molar-refractivity contribution in [2.24, 2.45) is 5.73 Å². The van der Waals surface area contributed by atoms with E-state index >= 15 is 0 Å². The molecule has 2 rings (SSSR count). The molecule has 0 aliphatic heterocycles. The lowest BCUT2D eigenvalue weighted by Gasteiger charge is -2.11. The summed E-state index contributed by atoms with van der Waals surface area (Å²) in [7, 11) is 0. The van der Waals surface area contributed by atoms with Gasteiger partial charge >= 0.3 is 0 Å². The van der Waals surface area contributed by atoms with Crippen LogP contribution >= 0.6 is 39.7 Å². The van der Waals surface area contributed by atoms with Crippen LogP contribution in [0.25, 0.3) is 0 Å². The zero-order valence-corrected chi connectivity index (χ0v) is 13.4. The number of thiocarbonyl (C=S) groups is 1. The van der Waals surface area contributed by atoms with Crippen molar-refractivity contribution >= 4 is 44.7 Å². The van der Waals surface area contributed by atoms with Gasteiger partial charge in [-0.05, 0) is 24.3 Å². The molecule has 104 valence electrons. The topological polar surface area (TPSA) is 35.2 Å². The number of halogens is 3. The summed E-state index contributed by atoms with van der Waals surface area (Å²) in [4.78, 5) is 0.0184. The van der Waals surface area contributed by atoms with E-state index in [1.807, 2.05) is 0 Å². The molecule has 0 aliphatic rings.